The number of anilines is 1. The molecule has 3 atom stereocenters. The van der Waals surface area contributed by atoms with Gasteiger partial charge in [-0.25, -0.2) is 18.6 Å². The standard InChI is InChI=1S/C56H65F2N11O5/c1-33-24-38(25-44(58)52(33)37-13-19-64(20-14-37)35(3)47-28-42-45(10-16-60-53(42)62(47)5)67-21-15-40(59-4)27-51(67)71)55(73)65-17-11-36(12-18-65)31-66-23-22-63(30-34(66)2)32-39-26-48-49(29-43(39)57)69(56(74)68(48)41-6-7-41)46-8-9-50(70)61-54(46)72/h10,13,15-16,21,24-29,34-36,41,46,59H,6-9,11-12,14,17-20,22-23,30-32H2,1-5H3,(H,61,70,72)/t34-,35-,46+/m0/s1. The predicted molar refractivity (Wildman–Crippen MR) is 280 cm³/mol. The number of nitrogens with zero attached hydrogens (tertiary/aromatic N) is 9. The van der Waals surface area contributed by atoms with Crippen LogP contribution in [0.4, 0.5) is 14.5 Å². The molecule has 4 aliphatic heterocycles. The van der Waals surface area contributed by atoms with Crippen molar-refractivity contribution < 1.29 is 23.2 Å². The highest BCUT2D eigenvalue weighted by atomic mass is 19.1. The molecule has 4 fully saturated rings. The summed E-state index contributed by atoms with van der Waals surface area (Å²) in [5.41, 5.74) is 7.06. The van der Waals surface area contributed by atoms with Crippen LogP contribution in [0.3, 0.4) is 0 Å². The lowest BCUT2D eigenvalue weighted by Gasteiger charge is -2.42. The average Bonchev–Trinajstić information content (AvgIpc) is 4.12. The van der Waals surface area contributed by atoms with Crippen molar-refractivity contribution >= 4 is 51.0 Å². The fourth-order valence-corrected chi connectivity index (χ4v) is 12.3. The average molecular weight is 1010 g/mol. The number of imide groups is 1. The Morgan fingerprint density at radius 1 is 0.892 bits per heavy atom. The van der Waals surface area contributed by atoms with Crippen LogP contribution in [0.5, 0.6) is 0 Å². The highest BCUT2D eigenvalue weighted by Crippen LogP contribution is 2.39. The van der Waals surface area contributed by atoms with Crippen LogP contribution in [0.2, 0.25) is 0 Å². The number of fused-ring (bicyclic) bond motifs is 2. The van der Waals surface area contributed by atoms with Crippen molar-refractivity contribution in [3.63, 3.8) is 0 Å². The highest BCUT2D eigenvalue weighted by molar-refractivity contribution is 6.00. The molecule has 1 saturated carbocycles. The molecule has 4 aromatic heterocycles. The number of carbonyl (C=O) groups is 3. The van der Waals surface area contributed by atoms with Gasteiger partial charge in [-0.15, -0.1) is 0 Å². The third kappa shape index (κ3) is 9.18. The van der Waals surface area contributed by atoms with Gasteiger partial charge in [-0.1, -0.05) is 6.08 Å². The Hall–Kier alpha value is -6.76. The van der Waals surface area contributed by atoms with Crippen molar-refractivity contribution in [1.29, 1.82) is 0 Å². The van der Waals surface area contributed by atoms with E-state index in [1.54, 1.807) is 40.7 Å². The molecule has 6 aromatic rings. The van der Waals surface area contributed by atoms with Crippen LogP contribution in [0.25, 0.3) is 33.3 Å². The van der Waals surface area contributed by atoms with Crippen molar-refractivity contribution in [1.82, 2.24) is 48.2 Å². The summed E-state index contributed by atoms with van der Waals surface area (Å²) in [4.78, 5) is 79.0. The monoisotopic (exact) mass is 1010 g/mol. The van der Waals surface area contributed by atoms with Gasteiger partial charge in [0.25, 0.3) is 11.5 Å². The third-order valence-electron chi connectivity index (χ3n) is 16.6. The van der Waals surface area contributed by atoms with Crippen LogP contribution in [0.15, 0.2) is 76.6 Å². The van der Waals surface area contributed by atoms with Gasteiger partial charge in [0.05, 0.1) is 16.7 Å². The smallest absolute Gasteiger partial charge is 0.330 e. The number of hydrogen-bond donors (Lipinski definition) is 2. The predicted octanol–water partition coefficient (Wildman–Crippen LogP) is 6.69. The van der Waals surface area contributed by atoms with Gasteiger partial charge in [-0.2, -0.15) is 0 Å². The minimum absolute atomic E-state index is 0.0160. The quantitative estimate of drug-likeness (QED) is 0.127. The summed E-state index contributed by atoms with van der Waals surface area (Å²) in [6.45, 7) is 12.4. The fraction of sp³-hybridized carbons (Fsp3) is 0.464. The molecular weight excluding hydrogens is 945 g/mol. The van der Waals surface area contributed by atoms with Gasteiger partial charge < -0.3 is 14.8 Å². The van der Waals surface area contributed by atoms with Crippen LogP contribution >= 0.6 is 0 Å². The summed E-state index contributed by atoms with van der Waals surface area (Å²) < 4.78 is 38.9. The minimum atomic E-state index is -0.862. The largest absolute Gasteiger partial charge is 0.388 e. The zero-order valence-corrected chi connectivity index (χ0v) is 42.9. The topological polar surface area (TPSA) is 155 Å². The number of halogens is 2. The van der Waals surface area contributed by atoms with Gasteiger partial charge in [0.2, 0.25) is 11.8 Å². The second-order valence-corrected chi connectivity index (χ2v) is 21.3. The first-order valence-corrected chi connectivity index (χ1v) is 26.3. The molecule has 11 rings (SSSR count). The molecule has 1 aliphatic carbocycles. The molecule has 3 amide bonds. The number of carbonyl (C=O) groups excluding carboxylic acids is 3. The Morgan fingerprint density at radius 3 is 2.36 bits per heavy atom. The molecule has 74 heavy (non-hydrogen) atoms. The minimum Gasteiger partial charge on any atom is -0.388 e. The van der Waals surface area contributed by atoms with Crippen molar-refractivity contribution in [3.05, 3.63) is 127 Å². The molecule has 16 nitrogen and oxygen atoms in total. The maximum atomic E-state index is 16.2. The number of rotatable bonds is 12. The molecular formula is C56H65F2N11O5. The SMILES string of the molecule is CNc1ccn(-c2ccnc3c2cc([C@H](C)N2CC=C(c4c(C)cc(C(=O)N5CCC(CN6CCN(Cc7cc8c(cc7F)n([C@@H]7CCC(=O)NC7=O)c(=O)n8C7CC7)C[C@@H]6C)CC5)cc4F)CC2)n3C)c(=O)c1. The summed E-state index contributed by atoms with van der Waals surface area (Å²) in [5, 5.41) is 6.25. The molecule has 5 aliphatic rings. The second-order valence-electron chi connectivity index (χ2n) is 21.3. The van der Waals surface area contributed by atoms with Crippen LogP contribution in [0, 0.1) is 24.5 Å². The molecule has 18 heteroatoms. The molecule has 388 valence electrons. The summed E-state index contributed by atoms with van der Waals surface area (Å²) in [5.74, 6) is -1.43. The van der Waals surface area contributed by atoms with Crippen LogP contribution < -0.4 is 21.9 Å². The first-order valence-electron chi connectivity index (χ1n) is 26.3. The Kier molecular flexibility index (Phi) is 13.3. The number of piperazine rings is 1. The highest BCUT2D eigenvalue weighted by Gasteiger charge is 2.37. The number of imidazole rings is 1. The number of aromatic nitrogens is 5. The van der Waals surface area contributed by atoms with E-state index in [9.17, 15) is 24.0 Å². The van der Waals surface area contributed by atoms with Gasteiger partial charge in [0.15, 0.2) is 0 Å². The lowest BCUT2D eigenvalue weighted by Crippen LogP contribution is -2.53. The number of hydrogen-bond acceptors (Lipinski definition) is 10. The van der Waals surface area contributed by atoms with Gasteiger partial charge in [-0.3, -0.25) is 52.9 Å². The Morgan fingerprint density at radius 2 is 1.68 bits per heavy atom. The molecule has 2 N–H and O–H groups in total. The van der Waals surface area contributed by atoms with Crippen molar-refractivity contribution in [2.75, 3.05) is 64.7 Å². The Bertz CT molecular complexity index is 3360. The summed E-state index contributed by atoms with van der Waals surface area (Å²) in [6.07, 6.45) is 10.00. The second kappa shape index (κ2) is 19.8. The van der Waals surface area contributed by atoms with E-state index < -0.39 is 17.8 Å². The lowest BCUT2D eigenvalue weighted by molar-refractivity contribution is -0.135. The number of amides is 3. The van der Waals surface area contributed by atoms with Crippen molar-refractivity contribution in [3.8, 4) is 5.69 Å². The lowest BCUT2D eigenvalue weighted by atomic mass is 9.92. The fourth-order valence-electron chi connectivity index (χ4n) is 12.3. The number of piperidine rings is 2. The van der Waals surface area contributed by atoms with E-state index in [4.69, 9.17) is 0 Å². The molecule has 3 saturated heterocycles. The number of aryl methyl sites for hydroxylation is 2. The van der Waals surface area contributed by atoms with E-state index >= 15 is 8.78 Å². The Labute approximate surface area is 428 Å². The molecule has 8 heterocycles. The van der Waals surface area contributed by atoms with Gasteiger partial charge in [-0.05, 0) is 113 Å². The zero-order valence-electron chi connectivity index (χ0n) is 42.9. The summed E-state index contributed by atoms with van der Waals surface area (Å²) in [7, 11) is 3.78. The molecule has 0 bridgehead atoms. The molecule has 0 radical (unpaired) electrons. The van der Waals surface area contributed by atoms with E-state index in [1.165, 1.54) is 16.7 Å². The van der Waals surface area contributed by atoms with Crippen molar-refractivity contribution in [2.24, 2.45) is 13.0 Å². The number of benzene rings is 2. The summed E-state index contributed by atoms with van der Waals surface area (Å²) >= 11 is 0. The normalized spacial score (nSPS) is 21.1. The zero-order chi connectivity index (χ0) is 51.7. The van der Waals surface area contributed by atoms with Gasteiger partial charge in [0, 0.05) is 156 Å². The number of pyridine rings is 2. The van der Waals surface area contributed by atoms with E-state index in [1.807, 2.05) is 37.1 Å². The van der Waals surface area contributed by atoms with E-state index in [2.05, 4.69) is 60.9 Å². The van der Waals surface area contributed by atoms with Gasteiger partial charge >= 0.3 is 5.69 Å². The Balaban J connectivity index is 0.684. The maximum absolute atomic E-state index is 16.2. The summed E-state index contributed by atoms with van der Waals surface area (Å²) in [6, 6.07) is 13.3. The third-order valence-corrected chi connectivity index (χ3v) is 16.6. The van der Waals surface area contributed by atoms with Crippen LogP contribution in [-0.4, -0.2) is 126 Å². The van der Waals surface area contributed by atoms with Crippen LogP contribution in [0.1, 0.15) is 110 Å². The molecule has 0 spiro atoms. The maximum Gasteiger partial charge on any atom is 0.330 e. The molecule has 2 aromatic carbocycles. The number of nitrogens with one attached hydrogen (secondary N) is 2. The van der Waals surface area contributed by atoms with E-state index in [0.29, 0.717) is 66.2 Å². The van der Waals surface area contributed by atoms with E-state index in [0.717, 1.165) is 97.6 Å². The first kappa shape index (κ1) is 49.5. The number of likely N-dealkylation sites (tertiary alicyclic amines) is 1. The van der Waals surface area contributed by atoms with Crippen LogP contribution in [-0.2, 0) is 23.2 Å². The van der Waals surface area contributed by atoms with Gasteiger partial charge in [0.1, 0.15) is 23.3 Å². The first-order chi connectivity index (χ1) is 35.6. The van der Waals surface area contributed by atoms with Crippen molar-refractivity contribution in [2.45, 2.75) is 96.4 Å². The van der Waals surface area contributed by atoms with E-state index in [-0.39, 0.29) is 59.8 Å². The molecule has 0 unspecified atom stereocenters.